The Kier molecular flexibility index (Phi) is 8.90. The summed E-state index contributed by atoms with van der Waals surface area (Å²) in [7, 11) is 0. The Balaban J connectivity index is 0.00000324. The predicted molar refractivity (Wildman–Crippen MR) is 143 cm³/mol. The second-order valence-corrected chi connectivity index (χ2v) is 12.7. The summed E-state index contributed by atoms with van der Waals surface area (Å²) in [5.41, 5.74) is 1.36. The van der Waals surface area contributed by atoms with Crippen LogP contribution < -0.4 is 20.1 Å². The number of hydrogen-bond donors (Lipinski definition) is 2. The van der Waals surface area contributed by atoms with Crippen molar-refractivity contribution in [2.75, 3.05) is 13.2 Å². The first-order valence-corrected chi connectivity index (χ1v) is 13.5. The van der Waals surface area contributed by atoms with E-state index in [0.29, 0.717) is 29.6 Å². The van der Waals surface area contributed by atoms with E-state index in [-0.39, 0.29) is 30.5 Å². The molecule has 0 aromatic heterocycles. The molecule has 4 aliphatic rings. The summed E-state index contributed by atoms with van der Waals surface area (Å²) in [4.78, 5) is 12.2. The van der Waals surface area contributed by atoms with Gasteiger partial charge >= 0.3 is 0 Å². The second kappa shape index (κ2) is 11.0. The predicted octanol–water partition coefficient (Wildman–Crippen LogP) is 6.26. The van der Waals surface area contributed by atoms with Crippen molar-refractivity contribution in [2.24, 2.45) is 23.2 Å². The van der Waals surface area contributed by atoms with Crippen LogP contribution in [0.15, 0.2) is 16.6 Å². The van der Waals surface area contributed by atoms with E-state index in [1.54, 1.807) is 0 Å². The van der Waals surface area contributed by atoms with Gasteiger partial charge in [0.1, 0.15) is 0 Å². The number of carbonyl (C=O) groups excluding carboxylic acids is 1. The van der Waals surface area contributed by atoms with Crippen LogP contribution in [0.5, 0.6) is 11.5 Å². The molecule has 2 N–H and O–H groups in total. The highest BCUT2D eigenvalue weighted by Gasteiger charge is 2.52. The zero-order chi connectivity index (χ0) is 23.8. The molecule has 1 atom stereocenters. The minimum Gasteiger partial charge on any atom is -0.490 e. The van der Waals surface area contributed by atoms with Crippen LogP contribution in [-0.2, 0) is 11.3 Å². The van der Waals surface area contributed by atoms with Crippen LogP contribution >= 0.6 is 28.3 Å². The third-order valence-electron chi connectivity index (χ3n) is 7.85. The average molecular weight is 558 g/mol. The molecule has 1 aromatic rings. The summed E-state index contributed by atoms with van der Waals surface area (Å²) < 4.78 is 12.6. The van der Waals surface area contributed by atoms with Crippen LogP contribution in [-0.4, -0.2) is 30.7 Å². The van der Waals surface area contributed by atoms with Crippen LogP contribution in [0.4, 0.5) is 0 Å². The summed E-state index contributed by atoms with van der Waals surface area (Å²) in [6.45, 7) is 11.5. The summed E-state index contributed by atoms with van der Waals surface area (Å²) in [6.07, 6.45) is 8.66. The van der Waals surface area contributed by atoms with E-state index in [1.807, 2.05) is 33.8 Å². The first-order valence-electron chi connectivity index (χ1n) is 12.7. The number of amides is 1. The van der Waals surface area contributed by atoms with E-state index in [9.17, 15) is 4.79 Å². The van der Waals surface area contributed by atoms with E-state index in [0.717, 1.165) is 34.3 Å². The first-order chi connectivity index (χ1) is 15.6. The Hall–Kier alpha value is -0.980. The zero-order valence-electron chi connectivity index (χ0n) is 21.3. The lowest BCUT2D eigenvalue weighted by Crippen LogP contribution is -2.54. The molecule has 1 amide bonds. The number of halogens is 2. The molecule has 1 unspecified atom stereocenters. The van der Waals surface area contributed by atoms with Gasteiger partial charge in [-0.05, 0) is 130 Å². The van der Waals surface area contributed by atoms with Gasteiger partial charge in [-0.3, -0.25) is 4.79 Å². The highest BCUT2D eigenvalue weighted by Crippen LogP contribution is 2.61. The molecular weight excluding hydrogens is 516 g/mol. The molecule has 0 saturated heterocycles. The molecule has 1 aromatic carbocycles. The Labute approximate surface area is 220 Å². The Morgan fingerprint density at radius 2 is 1.71 bits per heavy atom. The second-order valence-electron chi connectivity index (χ2n) is 11.8. The number of rotatable bonds is 9. The number of hydrogen-bond acceptors (Lipinski definition) is 4. The molecule has 0 heterocycles. The number of nitrogens with one attached hydrogen (secondary N) is 2. The van der Waals surface area contributed by atoms with Crippen LogP contribution in [0.1, 0.15) is 78.7 Å². The molecule has 4 saturated carbocycles. The smallest absolute Gasteiger partial charge is 0.258 e. The summed E-state index contributed by atoms with van der Waals surface area (Å²) in [6, 6.07) is 4.64. The fourth-order valence-corrected chi connectivity index (χ4v) is 7.52. The number of benzene rings is 1. The van der Waals surface area contributed by atoms with Gasteiger partial charge in [0.2, 0.25) is 0 Å². The van der Waals surface area contributed by atoms with Gasteiger partial charge in [-0.1, -0.05) is 0 Å². The molecule has 192 valence electrons. The number of ether oxygens (including phenoxy) is 2. The van der Waals surface area contributed by atoms with E-state index in [1.165, 1.54) is 38.5 Å². The van der Waals surface area contributed by atoms with Crippen LogP contribution in [0.3, 0.4) is 0 Å². The maximum Gasteiger partial charge on any atom is 0.258 e. The molecule has 0 spiro atoms. The normalized spacial score (nSPS) is 28.2. The molecular formula is C27H42BrClN2O3. The summed E-state index contributed by atoms with van der Waals surface area (Å²) in [5, 5.41) is 6.80. The number of carbonyl (C=O) groups is 1. The molecule has 7 heteroatoms. The van der Waals surface area contributed by atoms with Crippen molar-refractivity contribution in [3.8, 4) is 11.5 Å². The standard InChI is InChI=1S/C27H41BrN2O3.ClH/c1-6-32-23-11-21(10-22(28)25(23)33-16-24(31)30-26(3,4)5)15-29-17(2)27-12-18-7-19(13-27)9-20(8-18)14-27;/h10-11,17-20,29H,6-9,12-16H2,1-5H3,(H,30,31);1H. The molecule has 4 aliphatic carbocycles. The van der Waals surface area contributed by atoms with Crippen molar-refractivity contribution in [3.05, 3.63) is 22.2 Å². The lowest BCUT2D eigenvalue weighted by Gasteiger charge is -2.59. The van der Waals surface area contributed by atoms with Crippen molar-refractivity contribution >= 4 is 34.2 Å². The minimum atomic E-state index is -0.288. The lowest BCUT2D eigenvalue weighted by atomic mass is 9.48. The molecule has 0 radical (unpaired) electrons. The quantitative estimate of drug-likeness (QED) is 0.376. The van der Waals surface area contributed by atoms with E-state index in [2.05, 4.69) is 39.6 Å². The largest absolute Gasteiger partial charge is 0.490 e. The first kappa shape index (κ1) is 27.6. The van der Waals surface area contributed by atoms with Crippen LogP contribution in [0.2, 0.25) is 0 Å². The van der Waals surface area contributed by atoms with Crippen molar-refractivity contribution in [2.45, 2.75) is 91.3 Å². The lowest BCUT2D eigenvalue weighted by molar-refractivity contribution is -0.124. The Morgan fingerprint density at radius 1 is 1.12 bits per heavy atom. The maximum absolute atomic E-state index is 12.2. The SMILES string of the molecule is CCOc1cc(CNC(C)C23CC4CC(CC(C4)C2)C3)cc(Br)c1OCC(=O)NC(C)(C)C.Cl. The van der Waals surface area contributed by atoms with Crippen molar-refractivity contribution in [3.63, 3.8) is 0 Å². The third kappa shape index (κ3) is 6.41. The molecule has 5 nitrogen and oxygen atoms in total. The Morgan fingerprint density at radius 3 is 2.24 bits per heavy atom. The Bertz CT molecular complexity index is 835. The maximum atomic E-state index is 12.2. The van der Waals surface area contributed by atoms with Gasteiger partial charge in [-0.15, -0.1) is 12.4 Å². The highest BCUT2D eigenvalue weighted by atomic mass is 79.9. The van der Waals surface area contributed by atoms with Gasteiger partial charge in [0.15, 0.2) is 18.1 Å². The minimum absolute atomic E-state index is 0. The van der Waals surface area contributed by atoms with Crippen LogP contribution in [0.25, 0.3) is 0 Å². The summed E-state index contributed by atoms with van der Waals surface area (Å²) in [5.74, 6) is 4.00. The molecule has 4 bridgehead atoms. The molecule has 34 heavy (non-hydrogen) atoms. The van der Waals surface area contributed by atoms with Gasteiger partial charge in [0.05, 0.1) is 11.1 Å². The van der Waals surface area contributed by atoms with Gasteiger partial charge in [-0.25, -0.2) is 0 Å². The van der Waals surface area contributed by atoms with Crippen LogP contribution in [0, 0.1) is 23.2 Å². The van der Waals surface area contributed by atoms with E-state index < -0.39 is 0 Å². The van der Waals surface area contributed by atoms with Gasteiger partial charge < -0.3 is 20.1 Å². The average Bonchev–Trinajstić information content (AvgIpc) is 2.69. The topological polar surface area (TPSA) is 59.6 Å². The van der Waals surface area contributed by atoms with Crippen molar-refractivity contribution < 1.29 is 14.3 Å². The van der Waals surface area contributed by atoms with E-state index >= 15 is 0 Å². The van der Waals surface area contributed by atoms with Gasteiger partial charge in [-0.2, -0.15) is 0 Å². The molecule has 5 rings (SSSR count). The fourth-order valence-electron chi connectivity index (χ4n) is 6.91. The zero-order valence-corrected chi connectivity index (χ0v) is 23.7. The van der Waals surface area contributed by atoms with Crippen molar-refractivity contribution in [1.29, 1.82) is 0 Å². The van der Waals surface area contributed by atoms with Gasteiger partial charge in [0, 0.05) is 18.1 Å². The monoisotopic (exact) mass is 556 g/mol. The highest BCUT2D eigenvalue weighted by molar-refractivity contribution is 9.10. The summed E-state index contributed by atoms with van der Waals surface area (Å²) >= 11 is 3.65. The van der Waals surface area contributed by atoms with E-state index in [4.69, 9.17) is 9.47 Å². The molecule has 4 fully saturated rings. The van der Waals surface area contributed by atoms with Crippen molar-refractivity contribution in [1.82, 2.24) is 10.6 Å². The molecule has 0 aliphatic heterocycles. The fraction of sp³-hybridized carbons (Fsp3) is 0.741. The van der Waals surface area contributed by atoms with Gasteiger partial charge in [0.25, 0.3) is 5.91 Å². The third-order valence-corrected chi connectivity index (χ3v) is 8.44.